The smallest absolute Gasteiger partial charge is 0.159 e. The van der Waals surface area contributed by atoms with Crippen molar-refractivity contribution in [1.82, 2.24) is 19.7 Å². The van der Waals surface area contributed by atoms with E-state index in [1.807, 2.05) is 19.9 Å². The number of aryl methyl sites for hydroxylation is 1. The lowest BCUT2D eigenvalue weighted by molar-refractivity contribution is 0.572. The molecular weight excluding hydrogens is 274 g/mol. The molecule has 3 rings (SSSR count). The molecule has 0 bridgehead atoms. The average Bonchev–Trinajstić information content (AvgIpc) is 2.76. The zero-order chi connectivity index (χ0) is 14.1. The van der Waals surface area contributed by atoms with Gasteiger partial charge in [0.15, 0.2) is 5.82 Å². The second-order valence-electron chi connectivity index (χ2n) is 5.18. The maximum absolute atomic E-state index is 6.20. The van der Waals surface area contributed by atoms with Crippen molar-refractivity contribution in [1.29, 1.82) is 0 Å². The summed E-state index contributed by atoms with van der Waals surface area (Å²) in [6.45, 7) is 5.98. The van der Waals surface area contributed by atoms with Crippen molar-refractivity contribution in [3.05, 3.63) is 28.8 Å². The molecule has 1 aliphatic heterocycles. The predicted octanol–water partition coefficient (Wildman–Crippen LogP) is 2.92. The summed E-state index contributed by atoms with van der Waals surface area (Å²) in [4.78, 5) is 11.0. The van der Waals surface area contributed by atoms with Gasteiger partial charge in [-0.3, -0.25) is 0 Å². The fourth-order valence-electron chi connectivity index (χ4n) is 2.60. The number of rotatable bonds is 2. The van der Waals surface area contributed by atoms with Crippen LogP contribution in [0.4, 0.5) is 5.82 Å². The van der Waals surface area contributed by atoms with E-state index in [-0.39, 0.29) is 0 Å². The Hall–Kier alpha value is -1.62. The molecule has 0 saturated carbocycles. The van der Waals surface area contributed by atoms with Gasteiger partial charge in [0.2, 0.25) is 0 Å². The molecule has 20 heavy (non-hydrogen) atoms. The highest BCUT2D eigenvalue weighted by Gasteiger charge is 2.15. The fraction of sp³-hybridized carbons (Fsp3) is 0.500. The molecule has 1 saturated heterocycles. The molecule has 2 aromatic rings. The van der Waals surface area contributed by atoms with Gasteiger partial charge in [0.05, 0.1) is 16.4 Å². The van der Waals surface area contributed by atoms with Crippen molar-refractivity contribution in [2.75, 3.05) is 18.0 Å². The van der Waals surface area contributed by atoms with E-state index < -0.39 is 0 Å². The van der Waals surface area contributed by atoms with E-state index in [4.69, 9.17) is 11.6 Å². The Bertz CT molecular complexity index is 616. The molecule has 3 heterocycles. The third-order valence-electron chi connectivity index (χ3n) is 3.74. The Morgan fingerprint density at radius 3 is 2.40 bits per heavy atom. The Morgan fingerprint density at radius 2 is 1.75 bits per heavy atom. The van der Waals surface area contributed by atoms with Gasteiger partial charge in [0.25, 0.3) is 0 Å². The Kier molecular flexibility index (Phi) is 3.61. The zero-order valence-electron chi connectivity index (χ0n) is 11.8. The summed E-state index contributed by atoms with van der Waals surface area (Å²) >= 11 is 6.20. The SMILES string of the molecule is Cc1nn(-c2cc(N3CCCCC3)ncn2)c(C)c1Cl. The lowest BCUT2D eigenvalue weighted by atomic mass is 10.1. The Morgan fingerprint density at radius 1 is 1.05 bits per heavy atom. The summed E-state index contributed by atoms with van der Waals surface area (Å²) in [5.74, 6) is 1.74. The van der Waals surface area contributed by atoms with Crippen LogP contribution >= 0.6 is 11.6 Å². The van der Waals surface area contributed by atoms with Crippen molar-refractivity contribution in [2.45, 2.75) is 33.1 Å². The fourth-order valence-corrected chi connectivity index (χ4v) is 2.71. The van der Waals surface area contributed by atoms with Gasteiger partial charge in [-0.2, -0.15) is 5.10 Å². The molecule has 6 heteroatoms. The van der Waals surface area contributed by atoms with Crippen molar-refractivity contribution in [2.24, 2.45) is 0 Å². The number of anilines is 1. The minimum Gasteiger partial charge on any atom is -0.356 e. The number of nitrogens with zero attached hydrogens (tertiary/aromatic N) is 5. The number of aromatic nitrogens is 4. The van der Waals surface area contributed by atoms with Crippen LogP contribution in [-0.4, -0.2) is 32.8 Å². The van der Waals surface area contributed by atoms with Gasteiger partial charge in [-0.05, 0) is 33.1 Å². The van der Waals surface area contributed by atoms with Crippen molar-refractivity contribution >= 4 is 17.4 Å². The first-order valence-electron chi connectivity index (χ1n) is 6.96. The van der Waals surface area contributed by atoms with E-state index in [0.717, 1.165) is 36.1 Å². The third-order valence-corrected chi connectivity index (χ3v) is 4.29. The summed E-state index contributed by atoms with van der Waals surface area (Å²) in [6, 6.07) is 1.99. The monoisotopic (exact) mass is 291 g/mol. The lowest BCUT2D eigenvalue weighted by Gasteiger charge is -2.27. The molecule has 0 spiro atoms. The molecule has 1 fully saturated rings. The molecule has 0 atom stereocenters. The van der Waals surface area contributed by atoms with Gasteiger partial charge in [-0.1, -0.05) is 11.6 Å². The summed E-state index contributed by atoms with van der Waals surface area (Å²) in [7, 11) is 0. The van der Waals surface area contributed by atoms with Crippen LogP contribution in [-0.2, 0) is 0 Å². The summed E-state index contributed by atoms with van der Waals surface area (Å²) < 4.78 is 1.78. The number of hydrogen-bond donors (Lipinski definition) is 0. The normalized spacial score (nSPS) is 15.7. The molecule has 2 aromatic heterocycles. The van der Waals surface area contributed by atoms with Crippen molar-refractivity contribution in [3.63, 3.8) is 0 Å². The quantitative estimate of drug-likeness (QED) is 0.853. The summed E-state index contributed by atoms with van der Waals surface area (Å²) in [5, 5.41) is 5.14. The second kappa shape index (κ2) is 5.40. The summed E-state index contributed by atoms with van der Waals surface area (Å²) in [6.07, 6.45) is 5.36. The molecule has 0 radical (unpaired) electrons. The predicted molar refractivity (Wildman–Crippen MR) is 79.7 cm³/mol. The third kappa shape index (κ3) is 2.38. The van der Waals surface area contributed by atoms with E-state index >= 15 is 0 Å². The lowest BCUT2D eigenvalue weighted by Crippen LogP contribution is -2.30. The largest absolute Gasteiger partial charge is 0.356 e. The number of halogens is 1. The van der Waals surface area contributed by atoms with Gasteiger partial charge in [0, 0.05) is 19.2 Å². The van der Waals surface area contributed by atoms with Gasteiger partial charge < -0.3 is 4.90 Å². The molecule has 106 valence electrons. The van der Waals surface area contributed by atoms with Gasteiger partial charge in [-0.25, -0.2) is 14.6 Å². The molecule has 0 amide bonds. The second-order valence-corrected chi connectivity index (χ2v) is 5.56. The first kappa shape index (κ1) is 13.4. The summed E-state index contributed by atoms with van der Waals surface area (Å²) in [5.41, 5.74) is 1.73. The van der Waals surface area contributed by atoms with Crippen molar-refractivity contribution < 1.29 is 0 Å². The van der Waals surface area contributed by atoms with E-state index in [2.05, 4.69) is 20.0 Å². The molecule has 0 aliphatic carbocycles. The van der Waals surface area contributed by atoms with Crippen LogP contribution in [0.25, 0.3) is 5.82 Å². The van der Waals surface area contributed by atoms with E-state index in [1.165, 1.54) is 19.3 Å². The zero-order valence-corrected chi connectivity index (χ0v) is 12.6. The number of hydrogen-bond acceptors (Lipinski definition) is 4. The van der Waals surface area contributed by atoms with Gasteiger partial charge in [0.1, 0.15) is 12.1 Å². The molecule has 0 unspecified atom stereocenters. The van der Waals surface area contributed by atoms with Gasteiger partial charge in [-0.15, -0.1) is 0 Å². The number of piperidine rings is 1. The van der Waals surface area contributed by atoms with Crippen LogP contribution in [0.15, 0.2) is 12.4 Å². The highest BCUT2D eigenvalue weighted by atomic mass is 35.5. The van der Waals surface area contributed by atoms with Crippen molar-refractivity contribution in [3.8, 4) is 5.82 Å². The van der Waals surface area contributed by atoms with Crippen LogP contribution in [0, 0.1) is 13.8 Å². The van der Waals surface area contributed by atoms with Crippen LogP contribution in [0.3, 0.4) is 0 Å². The molecular formula is C14H18ClN5. The van der Waals surface area contributed by atoms with Crippen LogP contribution in [0.1, 0.15) is 30.7 Å². The highest BCUT2D eigenvalue weighted by molar-refractivity contribution is 6.31. The standard InChI is InChI=1S/C14H18ClN5/c1-10-14(15)11(2)20(18-10)13-8-12(16-9-17-13)19-6-4-3-5-7-19/h8-9H,3-7H2,1-2H3. The van der Waals surface area contributed by atoms with Crippen LogP contribution in [0.5, 0.6) is 0 Å². The maximum Gasteiger partial charge on any atom is 0.159 e. The van der Waals surface area contributed by atoms with E-state index in [1.54, 1.807) is 11.0 Å². The van der Waals surface area contributed by atoms with Crippen LogP contribution < -0.4 is 4.90 Å². The minimum absolute atomic E-state index is 0.697. The maximum atomic E-state index is 6.20. The Balaban J connectivity index is 1.96. The molecule has 5 nitrogen and oxygen atoms in total. The minimum atomic E-state index is 0.697. The van der Waals surface area contributed by atoms with E-state index in [0.29, 0.717) is 5.02 Å². The molecule has 1 aliphatic rings. The molecule has 0 aromatic carbocycles. The van der Waals surface area contributed by atoms with Crippen LogP contribution in [0.2, 0.25) is 5.02 Å². The average molecular weight is 292 g/mol. The van der Waals surface area contributed by atoms with E-state index in [9.17, 15) is 0 Å². The Labute approximate surface area is 123 Å². The topological polar surface area (TPSA) is 46.8 Å². The first-order chi connectivity index (χ1) is 9.66. The first-order valence-corrected chi connectivity index (χ1v) is 7.33. The highest BCUT2D eigenvalue weighted by Crippen LogP contribution is 2.23. The molecule has 0 N–H and O–H groups in total. The van der Waals surface area contributed by atoms with Gasteiger partial charge >= 0.3 is 0 Å².